The minimum Gasteiger partial charge on any atom is -0.392 e. The second-order valence-electron chi connectivity index (χ2n) is 6.10. The van der Waals surface area contributed by atoms with Gasteiger partial charge >= 0.3 is 0 Å². The van der Waals surface area contributed by atoms with Gasteiger partial charge in [0.2, 0.25) is 0 Å². The van der Waals surface area contributed by atoms with Gasteiger partial charge < -0.3 is 19.7 Å². The minimum absolute atomic E-state index is 0.119. The van der Waals surface area contributed by atoms with E-state index in [9.17, 15) is 10.2 Å². The number of β-amino-alcohol motifs (C(OH)–C–C–N with tert-alkyl or cyclic N) is 1. The van der Waals surface area contributed by atoms with Crippen molar-refractivity contribution in [1.29, 1.82) is 0 Å². The molecule has 0 aromatic heterocycles. The maximum Gasteiger partial charge on any atom is 0.0667 e. The summed E-state index contributed by atoms with van der Waals surface area (Å²) >= 11 is 0. The van der Waals surface area contributed by atoms with E-state index in [4.69, 9.17) is 9.47 Å². The van der Waals surface area contributed by atoms with Crippen molar-refractivity contribution in [2.24, 2.45) is 0 Å². The molecule has 0 aromatic rings. The summed E-state index contributed by atoms with van der Waals surface area (Å²) in [6.45, 7) is 9.09. The highest BCUT2D eigenvalue weighted by Gasteiger charge is 2.26. The number of morpholine rings is 2. The molecule has 2 aliphatic rings. The Hall–Kier alpha value is -0.240. The van der Waals surface area contributed by atoms with Crippen molar-refractivity contribution in [3.63, 3.8) is 0 Å². The lowest BCUT2D eigenvalue weighted by Crippen LogP contribution is -2.49. The zero-order chi connectivity index (χ0) is 15.1. The van der Waals surface area contributed by atoms with Crippen LogP contribution in [0.4, 0.5) is 0 Å². The number of nitrogens with zero attached hydrogens (tertiary/aromatic N) is 2. The summed E-state index contributed by atoms with van der Waals surface area (Å²) in [4.78, 5) is 4.54. The molecular formula is C15H30N2O4. The molecule has 2 heterocycles. The van der Waals surface area contributed by atoms with E-state index in [1.165, 1.54) is 0 Å². The minimum atomic E-state index is -0.376. The molecular weight excluding hydrogens is 272 g/mol. The SMILES string of the molecule is CC(O)C(CCC(O)CN1CCOCC1)N1CCOCC1. The molecule has 2 N–H and O–H groups in total. The van der Waals surface area contributed by atoms with Gasteiger partial charge in [-0.25, -0.2) is 0 Å². The Morgan fingerprint density at radius 3 is 2.05 bits per heavy atom. The van der Waals surface area contributed by atoms with Crippen LogP contribution in [0.1, 0.15) is 19.8 Å². The number of ether oxygens (including phenoxy) is 2. The van der Waals surface area contributed by atoms with Crippen LogP contribution in [0.3, 0.4) is 0 Å². The van der Waals surface area contributed by atoms with Crippen LogP contribution in [0.25, 0.3) is 0 Å². The molecule has 6 nitrogen and oxygen atoms in total. The normalized spacial score (nSPS) is 26.4. The molecule has 0 aromatic carbocycles. The predicted octanol–water partition coefficient (Wildman–Crippen LogP) is -0.459. The van der Waals surface area contributed by atoms with Gasteiger partial charge in [-0.15, -0.1) is 0 Å². The van der Waals surface area contributed by atoms with Crippen molar-refractivity contribution < 1.29 is 19.7 Å². The van der Waals surface area contributed by atoms with E-state index in [1.807, 2.05) is 6.92 Å². The van der Waals surface area contributed by atoms with Gasteiger partial charge in [-0.1, -0.05) is 0 Å². The number of hydrogen-bond acceptors (Lipinski definition) is 6. The molecule has 2 aliphatic heterocycles. The van der Waals surface area contributed by atoms with Crippen LogP contribution in [-0.2, 0) is 9.47 Å². The van der Waals surface area contributed by atoms with Crippen molar-refractivity contribution in [3.05, 3.63) is 0 Å². The Bertz CT molecular complexity index is 279. The second kappa shape index (κ2) is 9.02. The maximum atomic E-state index is 10.2. The van der Waals surface area contributed by atoms with Gasteiger partial charge in [0.25, 0.3) is 0 Å². The molecule has 0 aliphatic carbocycles. The van der Waals surface area contributed by atoms with Crippen LogP contribution in [0.2, 0.25) is 0 Å². The topological polar surface area (TPSA) is 65.4 Å². The van der Waals surface area contributed by atoms with Crippen molar-refractivity contribution >= 4 is 0 Å². The highest BCUT2D eigenvalue weighted by atomic mass is 16.5. The lowest BCUT2D eigenvalue weighted by atomic mass is 10.0. The lowest BCUT2D eigenvalue weighted by molar-refractivity contribution is -0.0263. The predicted molar refractivity (Wildman–Crippen MR) is 80.4 cm³/mol. The summed E-state index contributed by atoms with van der Waals surface area (Å²) < 4.78 is 10.7. The molecule has 0 bridgehead atoms. The Morgan fingerprint density at radius 2 is 1.48 bits per heavy atom. The second-order valence-corrected chi connectivity index (χ2v) is 6.10. The van der Waals surface area contributed by atoms with Crippen LogP contribution in [-0.4, -0.2) is 97.4 Å². The van der Waals surface area contributed by atoms with Crippen LogP contribution < -0.4 is 0 Å². The van der Waals surface area contributed by atoms with Crippen molar-refractivity contribution in [2.75, 3.05) is 59.2 Å². The third kappa shape index (κ3) is 5.81. The Morgan fingerprint density at radius 1 is 0.905 bits per heavy atom. The standard InChI is InChI=1S/C15H30N2O4/c1-13(18)15(17-6-10-21-11-7-17)3-2-14(19)12-16-4-8-20-9-5-16/h13-15,18-19H,2-12H2,1H3. The molecule has 2 fully saturated rings. The number of rotatable bonds is 7. The highest BCUT2D eigenvalue weighted by molar-refractivity contribution is 4.80. The quantitative estimate of drug-likeness (QED) is 0.663. The Kier molecular flexibility index (Phi) is 7.36. The Labute approximate surface area is 127 Å². The van der Waals surface area contributed by atoms with Crippen LogP contribution in [0, 0.1) is 0 Å². The molecule has 3 unspecified atom stereocenters. The fraction of sp³-hybridized carbons (Fsp3) is 1.00. The number of aliphatic hydroxyl groups is 2. The molecule has 124 valence electrons. The van der Waals surface area contributed by atoms with Gasteiger partial charge in [0, 0.05) is 38.8 Å². The van der Waals surface area contributed by atoms with E-state index in [-0.39, 0.29) is 18.2 Å². The zero-order valence-corrected chi connectivity index (χ0v) is 13.1. The molecule has 6 heteroatoms. The summed E-state index contributed by atoms with van der Waals surface area (Å²) in [5.41, 5.74) is 0. The number of aliphatic hydroxyl groups excluding tert-OH is 2. The monoisotopic (exact) mass is 302 g/mol. The third-order valence-electron chi connectivity index (χ3n) is 4.44. The largest absolute Gasteiger partial charge is 0.392 e. The molecule has 0 radical (unpaired) electrons. The van der Waals surface area contributed by atoms with Crippen molar-refractivity contribution in [3.8, 4) is 0 Å². The van der Waals surface area contributed by atoms with Gasteiger partial charge in [0.05, 0.1) is 38.6 Å². The van der Waals surface area contributed by atoms with Crippen LogP contribution >= 0.6 is 0 Å². The molecule has 0 spiro atoms. The molecule has 2 rings (SSSR count). The zero-order valence-electron chi connectivity index (χ0n) is 13.1. The fourth-order valence-corrected chi connectivity index (χ4v) is 3.17. The fourth-order valence-electron chi connectivity index (χ4n) is 3.17. The molecule has 3 atom stereocenters. The van der Waals surface area contributed by atoms with Crippen LogP contribution in [0.5, 0.6) is 0 Å². The Balaban J connectivity index is 1.72. The highest BCUT2D eigenvalue weighted by Crippen LogP contribution is 2.15. The summed E-state index contributed by atoms with van der Waals surface area (Å²) in [6, 6.07) is 0.119. The summed E-state index contributed by atoms with van der Waals surface area (Å²) in [7, 11) is 0. The van der Waals surface area contributed by atoms with Gasteiger partial charge in [-0.2, -0.15) is 0 Å². The number of hydrogen-bond donors (Lipinski definition) is 2. The molecule has 0 saturated carbocycles. The summed E-state index contributed by atoms with van der Waals surface area (Å²) in [5.74, 6) is 0. The van der Waals surface area contributed by atoms with Gasteiger partial charge in [0.15, 0.2) is 0 Å². The maximum absolute atomic E-state index is 10.2. The molecule has 0 amide bonds. The van der Waals surface area contributed by atoms with Gasteiger partial charge in [-0.3, -0.25) is 9.80 Å². The lowest BCUT2D eigenvalue weighted by Gasteiger charge is -2.37. The average molecular weight is 302 g/mol. The van der Waals surface area contributed by atoms with Crippen molar-refractivity contribution in [1.82, 2.24) is 9.80 Å². The van der Waals surface area contributed by atoms with Gasteiger partial charge in [0.1, 0.15) is 0 Å². The first-order valence-electron chi connectivity index (χ1n) is 8.15. The summed E-state index contributed by atoms with van der Waals surface area (Å²) in [6.07, 6.45) is 0.845. The third-order valence-corrected chi connectivity index (χ3v) is 4.44. The smallest absolute Gasteiger partial charge is 0.0667 e. The van der Waals surface area contributed by atoms with E-state index in [1.54, 1.807) is 0 Å². The van der Waals surface area contributed by atoms with E-state index in [0.717, 1.165) is 65.4 Å². The first-order chi connectivity index (χ1) is 10.2. The van der Waals surface area contributed by atoms with E-state index < -0.39 is 0 Å². The van der Waals surface area contributed by atoms with Crippen molar-refractivity contribution in [2.45, 2.75) is 38.0 Å². The van der Waals surface area contributed by atoms with E-state index >= 15 is 0 Å². The average Bonchev–Trinajstić information content (AvgIpc) is 2.49. The summed E-state index contributed by atoms with van der Waals surface area (Å²) in [5, 5.41) is 20.2. The first-order valence-corrected chi connectivity index (χ1v) is 8.15. The van der Waals surface area contributed by atoms with E-state index in [0.29, 0.717) is 6.54 Å². The van der Waals surface area contributed by atoms with Crippen LogP contribution in [0.15, 0.2) is 0 Å². The first kappa shape index (κ1) is 17.1. The van der Waals surface area contributed by atoms with Gasteiger partial charge in [-0.05, 0) is 19.8 Å². The molecule has 21 heavy (non-hydrogen) atoms. The molecule has 2 saturated heterocycles. The van der Waals surface area contributed by atoms with E-state index in [2.05, 4.69) is 9.80 Å².